The van der Waals surface area contributed by atoms with Gasteiger partial charge >= 0.3 is 0 Å². The van der Waals surface area contributed by atoms with Gasteiger partial charge in [0.25, 0.3) is 0 Å². The van der Waals surface area contributed by atoms with Crippen LogP contribution in [0.1, 0.15) is 99.3 Å². The highest BCUT2D eigenvalue weighted by Gasteiger charge is 2.65. The van der Waals surface area contributed by atoms with Crippen LogP contribution in [0, 0.1) is 0 Å². The zero-order valence-electron chi connectivity index (χ0n) is 21.2. The second kappa shape index (κ2) is 12.4. The number of fused-ring (bicyclic) bond motifs is 1. The van der Waals surface area contributed by atoms with Crippen LogP contribution in [0.5, 0.6) is 0 Å². The number of hydrogen-bond donors (Lipinski definition) is 0. The molecule has 2 rings (SSSR count). The van der Waals surface area contributed by atoms with Crippen molar-refractivity contribution in [2.24, 2.45) is 0 Å². The maximum absolute atomic E-state index is 11.9. The van der Waals surface area contributed by atoms with Gasteiger partial charge in [0.05, 0.1) is 49.4 Å². The predicted molar refractivity (Wildman–Crippen MR) is 126 cm³/mol. The van der Waals surface area contributed by atoms with Crippen LogP contribution >= 0.6 is 0 Å². The van der Waals surface area contributed by atoms with E-state index in [4.69, 9.17) is 0 Å². The summed E-state index contributed by atoms with van der Waals surface area (Å²) in [5, 5.41) is 9.90. The number of amides is 1. The summed E-state index contributed by atoms with van der Waals surface area (Å²) >= 11 is 0. The van der Waals surface area contributed by atoms with E-state index in [1.807, 2.05) is 0 Å². The number of hydrogen-bond acceptors (Lipinski definition) is 5. The third kappa shape index (κ3) is 6.25. The molecule has 0 N–H and O–H groups in total. The minimum Gasteiger partial charge on any atom is -0.548 e. The average Bonchev–Trinajstić information content (AvgIpc) is 2.87. The SMILES string of the molecule is CC1(C)[C@H](C(=O)[O-])N2C(=O)C[C@H]2S1(=O)=O.CCCC[N+](CCCC)(CCCC)CCCC. The lowest BCUT2D eigenvalue weighted by molar-refractivity contribution is -0.929. The van der Waals surface area contributed by atoms with Crippen LogP contribution in [0.4, 0.5) is 0 Å². The smallest absolute Gasteiger partial charge is 0.227 e. The van der Waals surface area contributed by atoms with Crippen molar-refractivity contribution in [3.05, 3.63) is 0 Å². The summed E-state index contributed by atoms with van der Waals surface area (Å²) in [4.78, 5) is 23.0. The Labute approximate surface area is 196 Å². The van der Waals surface area contributed by atoms with Gasteiger partial charge in [-0.3, -0.25) is 4.79 Å². The van der Waals surface area contributed by atoms with Gasteiger partial charge in [-0.25, -0.2) is 8.42 Å². The first-order valence-corrected chi connectivity index (χ1v) is 14.1. The number of aliphatic carboxylic acids is 1. The second-order valence-electron chi connectivity index (χ2n) is 9.98. The molecule has 0 aromatic heterocycles. The van der Waals surface area contributed by atoms with E-state index in [-0.39, 0.29) is 6.42 Å². The molecule has 188 valence electrons. The molecule has 2 aliphatic rings. The van der Waals surface area contributed by atoms with Crippen molar-refractivity contribution in [1.29, 1.82) is 0 Å². The Morgan fingerprint density at radius 1 is 0.938 bits per heavy atom. The minimum atomic E-state index is -3.61. The molecule has 2 saturated heterocycles. The fourth-order valence-corrected chi connectivity index (χ4v) is 6.98. The lowest BCUT2D eigenvalue weighted by Crippen LogP contribution is -2.60. The maximum Gasteiger partial charge on any atom is 0.227 e. The van der Waals surface area contributed by atoms with E-state index < -0.39 is 37.9 Å². The molecule has 2 atom stereocenters. The Kier molecular flexibility index (Phi) is 11.1. The first kappa shape index (κ1) is 28.9. The summed E-state index contributed by atoms with van der Waals surface area (Å²) < 4.78 is 23.7. The highest BCUT2D eigenvalue weighted by molar-refractivity contribution is 7.93. The molecule has 0 aromatic rings. The van der Waals surface area contributed by atoms with Crippen LogP contribution < -0.4 is 5.11 Å². The normalized spacial score (nSPS) is 23.2. The first-order chi connectivity index (χ1) is 15.0. The fourth-order valence-electron chi connectivity index (χ4n) is 4.85. The number of unbranched alkanes of at least 4 members (excludes halogenated alkanes) is 4. The molecular formula is C24H46N2O5S. The quantitative estimate of drug-likeness (QED) is 0.302. The van der Waals surface area contributed by atoms with Crippen molar-refractivity contribution in [2.75, 3.05) is 26.2 Å². The zero-order chi connectivity index (χ0) is 24.6. The van der Waals surface area contributed by atoms with Crippen molar-refractivity contribution >= 4 is 21.7 Å². The van der Waals surface area contributed by atoms with Crippen LogP contribution in [0.3, 0.4) is 0 Å². The van der Waals surface area contributed by atoms with Crippen molar-refractivity contribution in [3.8, 4) is 0 Å². The standard InChI is InChI=1S/C16H36N.C8H11NO5S/c1-5-9-13-17(14-10-6-2,15-11-7-3)16-12-8-4;1-8(2)6(7(11)12)9-4(10)3-5(9)15(8,13)14/h5-16H2,1-4H3;5-6H,3H2,1-2H3,(H,11,12)/q+1;/p-1/t;5-,6+/m.1/s1. The molecule has 0 radical (unpaired) electrons. The monoisotopic (exact) mass is 474 g/mol. The van der Waals surface area contributed by atoms with Crippen LogP contribution in [0.2, 0.25) is 0 Å². The number of carboxylic acid groups (broad SMARTS) is 1. The third-order valence-corrected chi connectivity index (χ3v) is 9.94. The molecule has 0 aliphatic carbocycles. The lowest BCUT2D eigenvalue weighted by Gasteiger charge is -2.39. The molecule has 0 unspecified atom stereocenters. The van der Waals surface area contributed by atoms with Gasteiger partial charge in [0.15, 0.2) is 9.84 Å². The van der Waals surface area contributed by atoms with Gasteiger partial charge in [0, 0.05) is 0 Å². The third-order valence-electron chi connectivity index (χ3n) is 7.14. The summed E-state index contributed by atoms with van der Waals surface area (Å²) in [7, 11) is -3.61. The summed E-state index contributed by atoms with van der Waals surface area (Å²) in [5.41, 5.74) is 0. The van der Waals surface area contributed by atoms with Crippen LogP contribution in [-0.2, 0) is 19.4 Å². The molecule has 0 saturated carbocycles. The molecule has 8 heteroatoms. The summed E-state index contributed by atoms with van der Waals surface area (Å²) in [5.74, 6) is -1.96. The van der Waals surface area contributed by atoms with E-state index in [1.165, 1.54) is 95.9 Å². The van der Waals surface area contributed by atoms with Crippen molar-refractivity contribution < 1.29 is 27.6 Å². The predicted octanol–water partition coefficient (Wildman–Crippen LogP) is 2.87. The molecule has 0 spiro atoms. The van der Waals surface area contributed by atoms with Crippen molar-refractivity contribution in [1.82, 2.24) is 4.90 Å². The van der Waals surface area contributed by atoms with Crippen LogP contribution in [0.25, 0.3) is 0 Å². The number of quaternary nitrogens is 1. The van der Waals surface area contributed by atoms with Gasteiger partial charge in [0.2, 0.25) is 5.91 Å². The molecule has 0 aromatic carbocycles. The number of nitrogens with zero attached hydrogens (tertiary/aromatic N) is 2. The van der Waals surface area contributed by atoms with E-state index in [9.17, 15) is 23.1 Å². The minimum absolute atomic E-state index is 0.116. The Bertz CT molecular complexity index is 682. The van der Waals surface area contributed by atoms with E-state index in [0.29, 0.717) is 0 Å². The molecule has 7 nitrogen and oxygen atoms in total. The van der Waals surface area contributed by atoms with E-state index in [1.54, 1.807) is 0 Å². The van der Waals surface area contributed by atoms with Gasteiger partial charge in [-0.15, -0.1) is 0 Å². The summed E-state index contributed by atoms with van der Waals surface area (Å²) in [6.07, 6.45) is 10.9. The zero-order valence-corrected chi connectivity index (χ0v) is 22.0. The number of carboxylic acids is 1. The number of carbonyl (C=O) groups is 2. The van der Waals surface area contributed by atoms with E-state index in [0.717, 1.165) is 4.90 Å². The summed E-state index contributed by atoms with van der Waals surface area (Å²) in [6.45, 7) is 17.6. The van der Waals surface area contributed by atoms with Crippen LogP contribution in [0.15, 0.2) is 0 Å². The van der Waals surface area contributed by atoms with Crippen molar-refractivity contribution in [3.63, 3.8) is 0 Å². The largest absolute Gasteiger partial charge is 0.548 e. The Morgan fingerprint density at radius 3 is 1.56 bits per heavy atom. The molecular weight excluding hydrogens is 428 g/mol. The average molecular weight is 475 g/mol. The number of rotatable bonds is 13. The maximum atomic E-state index is 11.9. The fraction of sp³-hybridized carbons (Fsp3) is 0.917. The van der Waals surface area contributed by atoms with Gasteiger partial charge in [-0.1, -0.05) is 53.4 Å². The topological polar surface area (TPSA) is 94.6 Å². The van der Waals surface area contributed by atoms with Gasteiger partial charge in [0.1, 0.15) is 5.37 Å². The van der Waals surface area contributed by atoms with Crippen molar-refractivity contribution in [2.45, 2.75) is 115 Å². The highest BCUT2D eigenvalue weighted by atomic mass is 32.2. The molecule has 1 amide bonds. The van der Waals surface area contributed by atoms with Gasteiger partial charge < -0.3 is 19.3 Å². The lowest BCUT2D eigenvalue weighted by atomic mass is 9.98. The second-order valence-corrected chi connectivity index (χ2v) is 12.7. The molecule has 2 fully saturated rings. The molecule has 32 heavy (non-hydrogen) atoms. The first-order valence-electron chi connectivity index (χ1n) is 12.6. The van der Waals surface area contributed by atoms with E-state index in [2.05, 4.69) is 27.7 Å². The Hall–Kier alpha value is -1.15. The van der Waals surface area contributed by atoms with Gasteiger partial charge in [-0.05, 0) is 39.5 Å². The molecule has 2 heterocycles. The highest BCUT2D eigenvalue weighted by Crippen LogP contribution is 2.45. The molecule has 2 aliphatic heterocycles. The summed E-state index contributed by atoms with van der Waals surface area (Å²) in [6, 6.07) is -1.37. The number of β-lactam (4-membered cyclic amide) rings is 1. The Balaban J connectivity index is 0.000000321. The number of sulfone groups is 1. The molecule has 0 bridgehead atoms. The Morgan fingerprint density at radius 2 is 1.31 bits per heavy atom. The van der Waals surface area contributed by atoms with E-state index >= 15 is 0 Å². The number of carbonyl (C=O) groups excluding carboxylic acids is 2. The van der Waals surface area contributed by atoms with Crippen LogP contribution in [-0.4, -0.2) is 72.0 Å². The van der Waals surface area contributed by atoms with Gasteiger partial charge in [-0.2, -0.15) is 0 Å².